The van der Waals surface area contributed by atoms with Crippen LogP contribution in [0.2, 0.25) is 0 Å². The van der Waals surface area contributed by atoms with Crippen molar-refractivity contribution in [2.75, 3.05) is 25.9 Å². The molecule has 2 rings (SSSR count). The Morgan fingerprint density at radius 1 is 1.21 bits per heavy atom. The van der Waals surface area contributed by atoms with Crippen LogP contribution in [-0.2, 0) is 6.42 Å². The maximum atomic E-state index is 4.63. The molecule has 3 heteroatoms. The number of likely N-dealkylation sites (N-methyl/N-ethyl adjacent to an activating group) is 1. The Balaban J connectivity index is 1.81. The summed E-state index contributed by atoms with van der Waals surface area (Å²) in [4.78, 5) is 6.55. The minimum absolute atomic E-state index is 0.467. The van der Waals surface area contributed by atoms with Crippen LogP contribution < -0.4 is 0 Å². The Hall–Kier alpha value is -0.540. The Morgan fingerprint density at radius 2 is 1.89 bits per heavy atom. The molecule has 0 unspecified atom stereocenters. The third-order valence-corrected chi connectivity index (χ3v) is 5.06. The summed E-state index contributed by atoms with van der Waals surface area (Å²) in [5.74, 6) is 1.03. The molecule has 1 aliphatic rings. The van der Waals surface area contributed by atoms with Gasteiger partial charge in [-0.15, -0.1) is 0 Å². The lowest BCUT2D eigenvalue weighted by Crippen LogP contribution is -2.39. The summed E-state index contributed by atoms with van der Waals surface area (Å²) >= 11 is 4.63. The van der Waals surface area contributed by atoms with Gasteiger partial charge in [-0.2, -0.15) is 12.6 Å². The fourth-order valence-electron chi connectivity index (χ4n) is 3.19. The fourth-order valence-corrected chi connectivity index (χ4v) is 3.61. The van der Waals surface area contributed by atoms with Gasteiger partial charge in [-0.3, -0.25) is 4.98 Å². The van der Waals surface area contributed by atoms with Gasteiger partial charge in [0.15, 0.2) is 0 Å². The van der Waals surface area contributed by atoms with E-state index in [1.807, 2.05) is 12.4 Å². The molecule has 19 heavy (non-hydrogen) atoms. The van der Waals surface area contributed by atoms with Gasteiger partial charge in [0.1, 0.15) is 0 Å². The van der Waals surface area contributed by atoms with Crippen LogP contribution in [0.15, 0.2) is 24.5 Å². The molecule has 0 saturated heterocycles. The van der Waals surface area contributed by atoms with E-state index in [-0.39, 0.29) is 0 Å². The van der Waals surface area contributed by atoms with Crippen LogP contribution in [0.25, 0.3) is 0 Å². The fraction of sp³-hybridized carbons (Fsp3) is 0.688. The monoisotopic (exact) mass is 278 g/mol. The Labute approximate surface area is 123 Å². The number of thiol groups is 1. The molecule has 1 aromatic heterocycles. The Morgan fingerprint density at radius 3 is 2.53 bits per heavy atom. The van der Waals surface area contributed by atoms with E-state index in [1.54, 1.807) is 0 Å². The largest absolute Gasteiger partial charge is 0.305 e. The molecule has 0 amide bonds. The second-order valence-corrected chi connectivity index (χ2v) is 6.38. The molecule has 0 aromatic carbocycles. The van der Waals surface area contributed by atoms with Gasteiger partial charge in [0, 0.05) is 25.5 Å². The first-order valence-corrected chi connectivity index (χ1v) is 8.06. The second kappa shape index (κ2) is 7.30. The van der Waals surface area contributed by atoms with Crippen LogP contribution in [0.5, 0.6) is 0 Å². The number of rotatable bonds is 6. The molecule has 1 aromatic rings. The van der Waals surface area contributed by atoms with Gasteiger partial charge in [-0.05, 0) is 55.2 Å². The van der Waals surface area contributed by atoms with Crippen molar-refractivity contribution in [1.29, 1.82) is 0 Å². The molecular formula is C16H26N2S. The highest BCUT2D eigenvalue weighted by Crippen LogP contribution is 2.37. The van der Waals surface area contributed by atoms with Crippen molar-refractivity contribution in [3.8, 4) is 0 Å². The smallest absolute Gasteiger partial charge is 0.0270 e. The quantitative estimate of drug-likeness (QED) is 0.802. The van der Waals surface area contributed by atoms with E-state index in [0.717, 1.165) is 18.7 Å². The summed E-state index contributed by atoms with van der Waals surface area (Å²) in [6.07, 6.45) is 11.8. The molecule has 0 spiro atoms. The number of pyridine rings is 1. The summed E-state index contributed by atoms with van der Waals surface area (Å²) < 4.78 is 0. The number of hydrogen-bond donors (Lipinski definition) is 1. The molecule has 0 bridgehead atoms. The van der Waals surface area contributed by atoms with E-state index in [2.05, 4.69) is 41.7 Å². The maximum Gasteiger partial charge on any atom is 0.0270 e. The van der Waals surface area contributed by atoms with Gasteiger partial charge >= 0.3 is 0 Å². The average Bonchev–Trinajstić information content (AvgIpc) is 2.47. The van der Waals surface area contributed by atoms with Crippen molar-refractivity contribution in [2.24, 2.45) is 5.41 Å². The van der Waals surface area contributed by atoms with Crippen molar-refractivity contribution in [2.45, 2.75) is 38.5 Å². The molecule has 1 heterocycles. The normalized spacial score (nSPS) is 18.7. The molecule has 1 aliphatic carbocycles. The topological polar surface area (TPSA) is 16.1 Å². The first-order valence-electron chi connectivity index (χ1n) is 7.42. The lowest BCUT2D eigenvalue weighted by atomic mass is 9.75. The lowest BCUT2D eigenvalue weighted by Gasteiger charge is -2.39. The van der Waals surface area contributed by atoms with Crippen molar-refractivity contribution in [3.63, 3.8) is 0 Å². The molecule has 2 nitrogen and oxygen atoms in total. The highest BCUT2D eigenvalue weighted by atomic mass is 32.1. The number of hydrogen-bond acceptors (Lipinski definition) is 3. The van der Waals surface area contributed by atoms with Crippen LogP contribution in [-0.4, -0.2) is 35.8 Å². The minimum Gasteiger partial charge on any atom is -0.305 e. The van der Waals surface area contributed by atoms with Gasteiger partial charge in [0.25, 0.3) is 0 Å². The summed E-state index contributed by atoms with van der Waals surface area (Å²) in [5, 5.41) is 0. The predicted octanol–water partition coefficient (Wildman–Crippen LogP) is 3.44. The van der Waals surface area contributed by atoms with Gasteiger partial charge in [0.2, 0.25) is 0 Å². The molecule has 0 atom stereocenters. The van der Waals surface area contributed by atoms with Crippen LogP contribution in [0.4, 0.5) is 0 Å². The van der Waals surface area contributed by atoms with E-state index in [1.165, 1.54) is 44.2 Å². The van der Waals surface area contributed by atoms with Gasteiger partial charge in [-0.25, -0.2) is 0 Å². The zero-order valence-electron chi connectivity index (χ0n) is 12.0. The molecule has 0 radical (unpaired) electrons. The molecule has 1 saturated carbocycles. The first-order chi connectivity index (χ1) is 9.24. The van der Waals surface area contributed by atoms with Crippen molar-refractivity contribution in [1.82, 2.24) is 9.88 Å². The minimum atomic E-state index is 0.467. The Bertz CT molecular complexity index is 360. The van der Waals surface area contributed by atoms with Gasteiger partial charge in [-0.1, -0.05) is 19.3 Å². The SMILES string of the molecule is CN(CCc1ccncc1)CC1(CS)CCCCC1. The van der Waals surface area contributed by atoms with Crippen molar-refractivity contribution < 1.29 is 0 Å². The van der Waals surface area contributed by atoms with Crippen LogP contribution in [0.1, 0.15) is 37.7 Å². The third kappa shape index (κ3) is 4.50. The van der Waals surface area contributed by atoms with Crippen LogP contribution >= 0.6 is 12.6 Å². The van der Waals surface area contributed by atoms with E-state index >= 15 is 0 Å². The second-order valence-electron chi connectivity index (χ2n) is 6.06. The Kier molecular flexibility index (Phi) is 5.71. The molecule has 106 valence electrons. The first kappa shape index (κ1) is 14.9. The molecule has 0 aliphatic heterocycles. The number of nitrogens with zero attached hydrogens (tertiary/aromatic N) is 2. The average molecular weight is 278 g/mol. The van der Waals surface area contributed by atoms with Crippen LogP contribution in [0, 0.1) is 5.41 Å². The lowest BCUT2D eigenvalue weighted by molar-refractivity contribution is 0.145. The van der Waals surface area contributed by atoms with Crippen molar-refractivity contribution in [3.05, 3.63) is 30.1 Å². The van der Waals surface area contributed by atoms with E-state index < -0.39 is 0 Å². The third-order valence-electron chi connectivity index (χ3n) is 4.39. The zero-order valence-corrected chi connectivity index (χ0v) is 12.9. The van der Waals surface area contributed by atoms with Gasteiger partial charge < -0.3 is 4.90 Å². The summed E-state index contributed by atoms with van der Waals surface area (Å²) in [6.45, 7) is 2.32. The van der Waals surface area contributed by atoms with Crippen LogP contribution in [0.3, 0.4) is 0 Å². The summed E-state index contributed by atoms with van der Waals surface area (Å²) in [6, 6.07) is 4.23. The van der Waals surface area contributed by atoms with E-state index in [4.69, 9.17) is 0 Å². The highest BCUT2D eigenvalue weighted by Gasteiger charge is 2.31. The summed E-state index contributed by atoms with van der Waals surface area (Å²) in [5.41, 5.74) is 1.85. The molecule has 1 fully saturated rings. The van der Waals surface area contributed by atoms with E-state index in [9.17, 15) is 0 Å². The molecular weight excluding hydrogens is 252 g/mol. The zero-order chi connectivity index (χ0) is 13.6. The van der Waals surface area contributed by atoms with Gasteiger partial charge in [0.05, 0.1) is 0 Å². The summed E-state index contributed by atoms with van der Waals surface area (Å²) in [7, 11) is 2.25. The highest BCUT2D eigenvalue weighted by molar-refractivity contribution is 7.80. The number of aromatic nitrogens is 1. The van der Waals surface area contributed by atoms with E-state index in [0.29, 0.717) is 5.41 Å². The maximum absolute atomic E-state index is 4.63. The standard InChI is InChI=1S/C16H26N2S/c1-18(12-7-15-5-10-17-11-6-15)13-16(14-19)8-3-2-4-9-16/h5-6,10-11,19H,2-4,7-9,12-14H2,1H3. The predicted molar refractivity (Wildman–Crippen MR) is 84.8 cm³/mol. The molecule has 0 N–H and O–H groups in total. The van der Waals surface area contributed by atoms with Crippen molar-refractivity contribution >= 4 is 12.6 Å².